The fourth-order valence-electron chi connectivity index (χ4n) is 2.64. The smallest absolute Gasteiger partial charge is 0.161 e. The number of hydrogen-bond acceptors (Lipinski definition) is 4. The second-order valence-corrected chi connectivity index (χ2v) is 6.45. The van der Waals surface area contributed by atoms with Crippen LogP contribution in [0.2, 0.25) is 5.02 Å². The molecule has 0 saturated carbocycles. The fourth-order valence-corrected chi connectivity index (χ4v) is 2.86. The van der Waals surface area contributed by atoms with Gasteiger partial charge in [0.25, 0.3) is 0 Å². The third-order valence-electron chi connectivity index (χ3n) is 4.04. The molecule has 28 heavy (non-hydrogen) atoms. The molecule has 0 aliphatic heterocycles. The van der Waals surface area contributed by atoms with Crippen LogP contribution in [0.1, 0.15) is 18.1 Å². The van der Waals surface area contributed by atoms with Gasteiger partial charge in [0, 0.05) is 17.8 Å². The highest BCUT2D eigenvalue weighted by molar-refractivity contribution is 6.31. The van der Waals surface area contributed by atoms with E-state index >= 15 is 0 Å². The zero-order chi connectivity index (χ0) is 19.8. The number of nitrogens with one attached hydrogen (secondary N) is 2. The molecule has 0 radical (unpaired) electrons. The van der Waals surface area contributed by atoms with Gasteiger partial charge in [-0.05, 0) is 48.9 Å². The number of rotatable bonds is 9. The second kappa shape index (κ2) is 9.97. The molecule has 0 saturated heterocycles. The Morgan fingerprint density at radius 2 is 1.75 bits per heavy atom. The van der Waals surface area contributed by atoms with Crippen LogP contribution in [0, 0.1) is 5.82 Å². The maximum atomic E-state index is 13.9. The molecule has 0 amide bonds. The molecule has 0 fully saturated rings. The molecule has 3 rings (SSSR count). The van der Waals surface area contributed by atoms with Crippen LogP contribution in [0.4, 0.5) is 10.1 Å². The highest BCUT2D eigenvalue weighted by atomic mass is 35.5. The highest BCUT2D eigenvalue weighted by Gasteiger charge is 2.11. The van der Waals surface area contributed by atoms with E-state index < -0.39 is 5.82 Å². The number of benzene rings is 3. The van der Waals surface area contributed by atoms with Crippen LogP contribution in [0.25, 0.3) is 0 Å². The van der Waals surface area contributed by atoms with Crippen molar-refractivity contribution < 1.29 is 13.9 Å². The SMILES string of the molecule is CCOc1cc(CNNc2ccccc2)ccc1OCc1c(F)cccc1Cl. The summed E-state index contributed by atoms with van der Waals surface area (Å²) in [5.41, 5.74) is 8.63. The van der Waals surface area contributed by atoms with Gasteiger partial charge in [0.1, 0.15) is 12.4 Å². The van der Waals surface area contributed by atoms with Crippen LogP contribution in [0.5, 0.6) is 11.5 Å². The summed E-state index contributed by atoms with van der Waals surface area (Å²) in [6.07, 6.45) is 0. The zero-order valence-corrected chi connectivity index (χ0v) is 16.3. The minimum absolute atomic E-state index is 0.0265. The molecule has 6 heteroatoms. The van der Waals surface area contributed by atoms with Gasteiger partial charge in [0.15, 0.2) is 11.5 Å². The molecule has 0 spiro atoms. The summed E-state index contributed by atoms with van der Waals surface area (Å²) in [6, 6.07) is 20.1. The van der Waals surface area contributed by atoms with E-state index in [9.17, 15) is 4.39 Å². The maximum Gasteiger partial charge on any atom is 0.161 e. The molecule has 0 aliphatic carbocycles. The number of halogens is 2. The van der Waals surface area contributed by atoms with E-state index in [4.69, 9.17) is 21.1 Å². The Morgan fingerprint density at radius 1 is 0.929 bits per heavy atom. The van der Waals surface area contributed by atoms with Crippen molar-refractivity contribution in [2.75, 3.05) is 12.0 Å². The van der Waals surface area contributed by atoms with Gasteiger partial charge in [-0.15, -0.1) is 0 Å². The Balaban J connectivity index is 1.65. The largest absolute Gasteiger partial charge is 0.490 e. The molecule has 0 atom stereocenters. The first-order valence-electron chi connectivity index (χ1n) is 9.02. The molecule has 0 heterocycles. The van der Waals surface area contributed by atoms with Gasteiger partial charge in [-0.25, -0.2) is 9.82 Å². The quantitative estimate of drug-likeness (QED) is 0.460. The Hall–Kier alpha value is -2.76. The van der Waals surface area contributed by atoms with Crippen molar-refractivity contribution in [3.8, 4) is 11.5 Å². The predicted molar refractivity (Wildman–Crippen MR) is 110 cm³/mol. The first kappa shape index (κ1) is 20.0. The van der Waals surface area contributed by atoms with Gasteiger partial charge < -0.3 is 14.9 Å². The summed E-state index contributed by atoms with van der Waals surface area (Å²) in [4.78, 5) is 0. The van der Waals surface area contributed by atoms with Crippen LogP contribution in [-0.2, 0) is 13.2 Å². The average molecular weight is 401 g/mol. The Kier molecular flexibility index (Phi) is 7.12. The van der Waals surface area contributed by atoms with Gasteiger partial charge in [0.2, 0.25) is 0 Å². The van der Waals surface area contributed by atoms with E-state index in [-0.39, 0.29) is 6.61 Å². The Bertz CT molecular complexity index is 886. The average Bonchev–Trinajstić information content (AvgIpc) is 2.70. The van der Waals surface area contributed by atoms with Crippen LogP contribution in [0.15, 0.2) is 66.7 Å². The fraction of sp³-hybridized carbons (Fsp3) is 0.182. The first-order chi connectivity index (χ1) is 13.7. The number of ether oxygens (including phenoxy) is 2. The molecule has 0 bridgehead atoms. The van der Waals surface area contributed by atoms with Gasteiger partial charge in [-0.3, -0.25) is 0 Å². The van der Waals surface area contributed by atoms with Crippen molar-refractivity contribution in [2.24, 2.45) is 0 Å². The number of anilines is 1. The Labute approximate surface area is 169 Å². The predicted octanol–water partition coefficient (Wildman–Crippen LogP) is 5.57. The third kappa shape index (κ3) is 5.38. The molecule has 146 valence electrons. The minimum Gasteiger partial charge on any atom is -0.490 e. The second-order valence-electron chi connectivity index (χ2n) is 6.05. The zero-order valence-electron chi connectivity index (χ0n) is 15.5. The minimum atomic E-state index is -0.390. The topological polar surface area (TPSA) is 42.5 Å². The summed E-state index contributed by atoms with van der Waals surface area (Å²) in [7, 11) is 0. The first-order valence-corrected chi connectivity index (χ1v) is 9.40. The molecule has 0 aromatic heterocycles. The van der Waals surface area contributed by atoms with Gasteiger partial charge in [0.05, 0.1) is 11.6 Å². The molecule has 3 aromatic carbocycles. The van der Waals surface area contributed by atoms with Crippen LogP contribution in [-0.4, -0.2) is 6.61 Å². The van der Waals surface area contributed by atoms with Gasteiger partial charge >= 0.3 is 0 Å². The summed E-state index contributed by atoms with van der Waals surface area (Å²) in [5.74, 6) is 0.758. The monoisotopic (exact) mass is 400 g/mol. The summed E-state index contributed by atoms with van der Waals surface area (Å²) < 4.78 is 25.4. The molecule has 0 unspecified atom stereocenters. The van der Waals surface area contributed by atoms with Crippen molar-refractivity contribution in [3.63, 3.8) is 0 Å². The lowest BCUT2D eigenvalue weighted by atomic mass is 10.2. The number of para-hydroxylation sites is 1. The lowest BCUT2D eigenvalue weighted by molar-refractivity contribution is 0.265. The van der Waals surface area contributed by atoms with E-state index in [1.54, 1.807) is 12.1 Å². The van der Waals surface area contributed by atoms with E-state index in [0.29, 0.717) is 35.2 Å². The summed E-state index contributed by atoms with van der Waals surface area (Å²) in [5, 5.41) is 0.339. The lowest BCUT2D eigenvalue weighted by Gasteiger charge is -2.15. The van der Waals surface area contributed by atoms with E-state index in [1.807, 2.05) is 55.5 Å². The highest BCUT2D eigenvalue weighted by Crippen LogP contribution is 2.30. The van der Waals surface area contributed by atoms with Crippen molar-refractivity contribution in [3.05, 3.63) is 88.7 Å². The standard InChI is InChI=1S/C22H22ClFN2O2/c1-2-27-22-13-16(14-25-26-17-7-4-3-5-8-17)11-12-21(22)28-15-18-19(23)9-6-10-20(18)24/h3-13,25-26H,2,14-15H2,1H3. The number of hydrazine groups is 1. The Morgan fingerprint density at radius 3 is 2.50 bits per heavy atom. The molecular weight excluding hydrogens is 379 g/mol. The molecule has 3 aromatic rings. The molecular formula is C22H22ClFN2O2. The van der Waals surface area contributed by atoms with Gasteiger partial charge in [-0.1, -0.05) is 41.9 Å². The van der Waals surface area contributed by atoms with Crippen molar-refractivity contribution in [2.45, 2.75) is 20.1 Å². The number of hydrogen-bond donors (Lipinski definition) is 2. The van der Waals surface area contributed by atoms with Crippen molar-refractivity contribution in [1.29, 1.82) is 0 Å². The molecule has 2 N–H and O–H groups in total. The van der Waals surface area contributed by atoms with Crippen LogP contribution >= 0.6 is 11.6 Å². The lowest BCUT2D eigenvalue weighted by Crippen LogP contribution is -2.20. The van der Waals surface area contributed by atoms with E-state index in [0.717, 1.165) is 11.3 Å². The normalized spacial score (nSPS) is 10.5. The maximum absolute atomic E-state index is 13.9. The van der Waals surface area contributed by atoms with E-state index in [2.05, 4.69) is 10.9 Å². The summed E-state index contributed by atoms with van der Waals surface area (Å²) in [6.45, 7) is 3.02. The summed E-state index contributed by atoms with van der Waals surface area (Å²) >= 11 is 6.06. The molecule has 0 aliphatic rings. The van der Waals surface area contributed by atoms with Crippen molar-refractivity contribution >= 4 is 17.3 Å². The van der Waals surface area contributed by atoms with Crippen LogP contribution < -0.4 is 20.3 Å². The molecule has 4 nitrogen and oxygen atoms in total. The van der Waals surface area contributed by atoms with E-state index in [1.165, 1.54) is 6.07 Å². The van der Waals surface area contributed by atoms with Crippen LogP contribution in [0.3, 0.4) is 0 Å². The van der Waals surface area contributed by atoms with Crippen molar-refractivity contribution in [1.82, 2.24) is 5.43 Å². The van der Waals surface area contributed by atoms with Gasteiger partial charge in [-0.2, -0.15) is 0 Å². The third-order valence-corrected chi connectivity index (χ3v) is 4.39.